The molecule has 0 spiro atoms. The van der Waals surface area contributed by atoms with Crippen LogP contribution in [-0.2, 0) is 9.59 Å². The van der Waals surface area contributed by atoms with Crippen LogP contribution in [0.1, 0.15) is 47.5 Å². The molecule has 0 radical (unpaired) electrons. The lowest BCUT2D eigenvalue weighted by Gasteiger charge is -2.18. The lowest BCUT2D eigenvalue weighted by molar-refractivity contribution is -0.116. The van der Waals surface area contributed by atoms with Crippen molar-refractivity contribution in [1.82, 2.24) is 5.32 Å². The zero-order valence-corrected chi connectivity index (χ0v) is 33.2. The van der Waals surface area contributed by atoms with Crippen LogP contribution < -0.4 is 30.7 Å². The third-order valence-corrected chi connectivity index (χ3v) is 11.1. The van der Waals surface area contributed by atoms with Crippen molar-refractivity contribution in [2.75, 3.05) is 30.2 Å². The third kappa shape index (κ3) is 9.99. The number of thioether (sulfide) groups is 1. The minimum atomic E-state index is -0.802. The minimum absolute atomic E-state index is 0.0589. The Labute approximate surface area is 343 Å². The molecule has 0 saturated heterocycles. The fourth-order valence-electron chi connectivity index (χ4n) is 5.77. The summed E-state index contributed by atoms with van der Waals surface area (Å²) in [6, 6.07) is 40.8. The summed E-state index contributed by atoms with van der Waals surface area (Å²) in [5.41, 5.74) is 3.14. The summed E-state index contributed by atoms with van der Waals surface area (Å²) in [5.74, 6) is -0.935. The van der Waals surface area contributed by atoms with Crippen molar-refractivity contribution in [2.45, 2.75) is 17.1 Å². The first-order valence-electron chi connectivity index (χ1n) is 17.8. The molecule has 0 saturated carbocycles. The van der Waals surface area contributed by atoms with Crippen LogP contribution in [0.3, 0.4) is 0 Å². The number of nitriles is 1. The quantitative estimate of drug-likeness (QED) is 0.0627. The number of carbonyl (C=O) groups is 4. The molecule has 1 heterocycles. The van der Waals surface area contributed by atoms with Crippen LogP contribution in [0.25, 0.3) is 6.08 Å². The highest BCUT2D eigenvalue weighted by atomic mass is 32.2. The van der Waals surface area contributed by atoms with E-state index in [4.69, 9.17) is 9.47 Å². The van der Waals surface area contributed by atoms with E-state index in [0.717, 1.165) is 11.3 Å². The molecule has 0 aliphatic heterocycles. The fourth-order valence-corrected chi connectivity index (χ4v) is 7.91. The average molecular weight is 808 g/mol. The van der Waals surface area contributed by atoms with Crippen LogP contribution in [-0.4, -0.2) is 37.8 Å². The zero-order valence-electron chi connectivity index (χ0n) is 31.6. The topological polar surface area (TPSA) is 159 Å². The maximum atomic E-state index is 14.1. The van der Waals surface area contributed by atoms with Gasteiger partial charge in [0.15, 0.2) is 0 Å². The van der Waals surface area contributed by atoms with Crippen LogP contribution >= 0.6 is 23.1 Å². The molecule has 1 aromatic heterocycles. The predicted molar refractivity (Wildman–Crippen MR) is 228 cm³/mol. The maximum Gasteiger partial charge on any atom is 0.272 e. The Morgan fingerprint density at radius 2 is 1.41 bits per heavy atom. The number of rotatable bonds is 14. The number of carbonyl (C=O) groups excluding carboxylic acids is 4. The summed E-state index contributed by atoms with van der Waals surface area (Å²) in [7, 11) is 3.02. The Balaban J connectivity index is 1.26. The smallest absolute Gasteiger partial charge is 0.272 e. The van der Waals surface area contributed by atoms with Crippen LogP contribution in [0.2, 0.25) is 0 Å². The number of methoxy groups -OCH3 is 2. The number of nitrogens with one attached hydrogen (secondary N) is 4. The number of thiophene rings is 1. The molecule has 1 atom stereocenters. The second-order valence-corrected chi connectivity index (χ2v) is 14.8. The molecule has 5 aromatic carbocycles. The first kappa shape index (κ1) is 40.5. The summed E-state index contributed by atoms with van der Waals surface area (Å²) in [5, 5.41) is 20.9. The zero-order chi connectivity index (χ0) is 41.0. The van der Waals surface area contributed by atoms with E-state index in [1.165, 1.54) is 32.1 Å². The van der Waals surface area contributed by atoms with E-state index in [2.05, 4.69) is 27.3 Å². The van der Waals surface area contributed by atoms with Crippen LogP contribution in [0.4, 0.5) is 16.4 Å². The number of hydrogen-bond donors (Lipinski definition) is 4. The number of nitrogens with zero attached hydrogens (tertiary/aromatic N) is 1. The second-order valence-electron chi connectivity index (χ2n) is 12.6. The van der Waals surface area contributed by atoms with Gasteiger partial charge in [0.25, 0.3) is 17.7 Å². The Morgan fingerprint density at radius 3 is 2.09 bits per heavy atom. The Bertz CT molecular complexity index is 2520. The number of benzene rings is 5. The van der Waals surface area contributed by atoms with Gasteiger partial charge in [-0.2, -0.15) is 5.26 Å². The van der Waals surface area contributed by atoms with Gasteiger partial charge in [0.2, 0.25) is 5.91 Å². The van der Waals surface area contributed by atoms with Crippen LogP contribution in [0.15, 0.2) is 144 Å². The molecular weight excluding hydrogens is 771 g/mol. The van der Waals surface area contributed by atoms with Crippen molar-refractivity contribution in [2.24, 2.45) is 0 Å². The van der Waals surface area contributed by atoms with E-state index in [1.807, 2.05) is 36.4 Å². The maximum absolute atomic E-state index is 14.1. The van der Waals surface area contributed by atoms with Gasteiger partial charge in [0, 0.05) is 27.4 Å². The molecule has 1 unspecified atom stereocenters. The third-order valence-electron chi connectivity index (χ3n) is 8.69. The van der Waals surface area contributed by atoms with Gasteiger partial charge >= 0.3 is 0 Å². The normalized spacial score (nSPS) is 11.4. The van der Waals surface area contributed by atoms with E-state index in [9.17, 15) is 24.4 Å². The molecule has 0 fully saturated rings. The monoisotopic (exact) mass is 807 g/mol. The van der Waals surface area contributed by atoms with Gasteiger partial charge < -0.3 is 30.7 Å². The lowest BCUT2D eigenvalue weighted by atomic mass is 10.1. The molecule has 0 bridgehead atoms. The Kier molecular flexibility index (Phi) is 13.4. The molecule has 0 aliphatic rings. The van der Waals surface area contributed by atoms with Crippen molar-refractivity contribution in [3.8, 4) is 17.6 Å². The van der Waals surface area contributed by atoms with Crippen molar-refractivity contribution in [3.05, 3.63) is 172 Å². The van der Waals surface area contributed by atoms with Gasteiger partial charge in [-0.1, -0.05) is 72.8 Å². The SMILES string of the molecule is COc1ccc(OC)c(/C=C(/NC(=O)c2ccccc2)C(=O)Nc2cccc(SC(C(=O)Nc3sc(C(=O)Nc4ccccc4)c(C)c3C#N)c3ccccc3)c2)c1. The molecular formula is C45H37N5O6S2. The molecule has 4 N–H and O–H groups in total. The average Bonchev–Trinajstić information content (AvgIpc) is 3.57. The Morgan fingerprint density at radius 1 is 0.741 bits per heavy atom. The van der Waals surface area contributed by atoms with Crippen molar-refractivity contribution in [1.29, 1.82) is 5.26 Å². The van der Waals surface area contributed by atoms with Gasteiger partial charge in [0.05, 0.1) is 24.7 Å². The molecule has 6 rings (SSSR count). The van der Waals surface area contributed by atoms with Crippen LogP contribution in [0.5, 0.6) is 11.5 Å². The summed E-state index contributed by atoms with van der Waals surface area (Å²) < 4.78 is 10.9. The molecule has 0 aliphatic carbocycles. The van der Waals surface area contributed by atoms with Crippen molar-refractivity contribution in [3.63, 3.8) is 0 Å². The predicted octanol–water partition coefficient (Wildman–Crippen LogP) is 9.08. The van der Waals surface area contributed by atoms with Crippen molar-refractivity contribution >= 4 is 69.2 Å². The van der Waals surface area contributed by atoms with Gasteiger partial charge in [-0.15, -0.1) is 23.1 Å². The van der Waals surface area contributed by atoms with E-state index < -0.39 is 23.0 Å². The lowest BCUT2D eigenvalue weighted by Crippen LogP contribution is -2.30. The number of amides is 4. The highest BCUT2D eigenvalue weighted by Gasteiger charge is 2.27. The van der Waals surface area contributed by atoms with E-state index in [1.54, 1.807) is 104 Å². The van der Waals surface area contributed by atoms with E-state index in [-0.39, 0.29) is 22.2 Å². The van der Waals surface area contributed by atoms with Gasteiger partial charge in [-0.3, -0.25) is 19.2 Å². The van der Waals surface area contributed by atoms with Gasteiger partial charge in [-0.25, -0.2) is 0 Å². The molecule has 13 heteroatoms. The summed E-state index contributed by atoms with van der Waals surface area (Å²) in [4.78, 5) is 55.5. The molecule has 58 heavy (non-hydrogen) atoms. The first-order chi connectivity index (χ1) is 28.2. The summed E-state index contributed by atoms with van der Waals surface area (Å²) in [6.07, 6.45) is 1.50. The standard InChI is InChI=1S/C45H37N5O6S2/c1-28-36(27-46)45(58-39(28)43(53)47-32-18-11-6-12-19-32)50-44(54)40(29-14-7-4-8-15-29)57-35-21-13-20-33(26-35)48-42(52)37(49-41(51)30-16-9-5-10-17-30)25-31-24-34(55-2)22-23-38(31)56-3/h4-26,40H,1-3H3,(H,47,53)(H,48,52)(H,49,51)(H,50,54)/b37-25+. The number of anilines is 3. The number of para-hydroxylation sites is 1. The highest BCUT2D eigenvalue weighted by Crippen LogP contribution is 2.39. The fraction of sp³-hybridized carbons (Fsp3) is 0.0889. The Hall–Kier alpha value is -7.14. The number of hydrogen-bond acceptors (Lipinski definition) is 9. The van der Waals surface area contributed by atoms with E-state index >= 15 is 0 Å². The molecule has 11 nitrogen and oxygen atoms in total. The first-order valence-corrected chi connectivity index (χ1v) is 19.5. The number of ether oxygens (including phenoxy) is 2. The second kappa shape index (κ2) is 19.1. The highest BCUT2D eigenvalue weighted by molar-refractivity contribution is 8.00. The minimum Gasteiger partial charge on any atom is -0.497 e. The van der Waals surface area contributed by atoms with E-state index in [0.29, 0.717) is 54.9 Å². The van der Waals surface area contributed by atoms with Crippen LogP contribution in [0, 0.1) is 18.3 Å². The van der Waals surface area contributed by atoms with Gasteiger partial charge in [0.1, 0.15) is 33.5 Å². The molecule has 4 amide bonds. The summed E-state index contributed by atoms with van der Waals surface area (Å²) in [6.45, 7) is 1.68. The van der Waals surface area contributed by atoms with Crippen molar-refractivity contribution < 1.29 is 28.7 Å². The molecule has 6 aromatic rings. The summed E-state index contributed by atoms with van der Waals surface area (Å²) >= 11 is 2.27. The largest absolute Gasteiger partial charge is 0.497 e. The van der Waals surface area contributed by atoms with Gasteiger partial charge in [-0.05, 0) is 84.8 Å². The molecule has 290 valence electrons.